The molecule has 0 atom stereocenters. The smallest absolute Gasteiger partial charge is 0.408 e. The maximum atomic E-state index is 13.7. The largest absolute Gasteiger partial charge is 0.491 e. The SMILES string of the molecule is CCCCOc1c(CN(C(=O)O)C(C)(C)C)n(CC(C)C)c(=O)c2ccc(C=Cc3cscn3)cc12. The van der Waals surface area contributed by atoms with Crippen LogP contribution in [0.25, 0.3) is 22.9 Å². The molecule has 0 aliphatic rings. The number of hydrogen-bond acceptors (Lipinski definition) is 5. The van der Waals surface area contributed by atoms with Gasteiger partial charge in [-0.3, -0.25) is 9.69 Å². The number of hydrogen-bond donors (Lipinski definition) is 1. The normalized spacial score (nSPS) is 12.1. The molecule has 7 nitrogen and oxygen atoms in total. The minimum Gasteiger partial charge on any atom is -0.491 e. The molecule has 8 heteroatoms. The summed E-state index contributed by atoms with van der Waals surface area (Å²) in [5, 5.41) is 13.2. The summed E-state index contributed by atoms with van der Waals surface area (Å²) in [4.78, 5) is 31.6. The number of carbonyl (C=O) groups is 1. The topological polar surface area (TPSA) is 84.7 Å². The number of pyridine rings is 1. The van der Waals surface area contributed by atoms with Crippen molar-refractivity contribution in [1.29, 1.82) is 0 Å². The Bertz CT molecular complexity index is 1270. The first-order valence-electron chi connectivity index (χ1n) is 12.4. The van der Waals surface area contributed by atoms with Crippen LogP contribution in [0.2, 0.25) is 0 Å². The van der Waals surface area contributed by atoms with Gasteiger partial charge in [0.25, 0.3) is 5.56 Å². The third kappa shape index (κ3) is 6.55. The number of nitrogens with zero attached hydrogens (tertiary/aromatic N) is 3. The average Bonchev–Trinajstić information content (AvgIpc) is 3.32. The van der Waals surface area contributed by atoms with Crippen molar-refractivity contribution in [1.82, 2.24) is 14.5 Å². The number of ether oxygens (including phenoxy) is 1. The molecule has 194 valence electrons. The Labute approximate surface area is 217 Å². The van der Waals surface area contributed by atoms with Gasteiger partial charge in [-0.25, -0.2) is 9.78 Å². The molecule has 1 amide bonds. The van der Waals surface area contributed by atoms with Gasteiger partial charge < -0.3 is 14.4 Å². The van der Waals surface area contributed by atoms with E-state index in [-0.39, 0.29) is 18.0 Å². The first-order chi connectivity index (χ1) is 17.0. The fourth-order valence-electron chi connectivity index (χ4n) is 4.01. The summed E-state index contributed by atoms with van der Waals surface area (Å²) < 4.78 is 8.06. The number of unbranched alkanes of at least 4 members (excludes halogenated alkanes) is 1. The van der Waals surface area contributed by atoms with Crippen molar-refractivity contribution in [2.75, 3.05) is 6.61 Å². The van der Waals surface area contributed by atoms with Crippen LogP contribution in [-0.2, 0) is 13.1 Å². The fourth-order valence-corrected chi connectivity index (χ4v) is 4.53. The zero-order chi connectivity index (χ0) is 26.5. The molecule has 0 spiro atoms. The predicted molar refractivity (Wildman–Crippen MR) is 148 cm³/mol. The van der Waals surface area contributed by atoms with E-state index in [0.717, 1.165) is 24.1 Å². The second-order valence-electron chi connectivity index (χ2n) is 10.4. The molecule has 2 aromatic heterocycles. The Morgan fingerprint density at radius 3 is 2.58 bits per heavy atom. The Morgan fingerprint density at radius 2 is 2.00 bits per heavy atom. The second-order valence-corrected chi connectivity index (χ2v) is 11.1. The van der Waals surface area contributed by atoms with Gasteiger partial charge in [0, 0.05) is 22.8 Å². The number of carboxylic acid groups (broad SMARTS) is 1. The highest BCUT2D eigenvalue weighted by Crippen LogP contribution is 2.32. The van der Waals surface area contributed by atoms with Gasteiger partial charge in [-0.2, -0.15) is 0 Å². The van der Waals surface area contributed by atoms with Crippen LogP contribution in [0.15, 0.2) is 33.9 Å². The molecule has 0 radical (unpaired) electrons. The lowest BCUT2D eigenvalue weighted by atomic mass is 10.0. The van der Waals surface area contributed by atoms with Crippen LogP contribution in [-0.4, -0.2) is 37.8 Å². The number of rotatable bonds is 10. The van der Waals surface area contributed by atoms with Gasteiger partial charge in [0.1, 0.15) is 5.75 Å². The van der Waals surface area contributed by atoms with Crippen molar-refractivity contribution >= 4 is 40.4 Å². The maximum Gasteiger partial charge on any atom is 0.408 e. The minimum absolute atomic E-state index is 0.0527. The molecule has 0 unspecified atom stereocenters. The molecule has 0 saturated heterocycles. The third-order valence-electron chi connectivity index (χ3n) is 5.89. The first-order valence-corrected chi connectivity index (χ1v) is 13.4. The predicted octanol–water partition coefficient (Wildman–Crippen LogP) is 6.74. The fraction of sp³-hybridized carbons (Fsp3) is 0.464. The molecule has 1 N–H and O–H groups in total. The highest BCUT2D eigenvalue weighted by Gasteiger charge is 2.30. The standard InChI is InChI=1S/C28H37N3O4S/c1-7-8-13-35-25-23-14-20(9-11-21-17-36-18-29-21)10-12-22(23)26(32)30(15-19(2)3)24(25)16-31(27(33)34)28(4,5)6/h9-12,14,17-19H,7-8,13,15-16H2,1-6H3,(H,33,34). The van der Waals surface area contributed by atoms with Crippen molar-refractivity contribution in [3.8, 4) is 5.75 Å². The zero-order valence-electron chi connectivity index (χ0n) is 22.1. The van der Waals surface area contributed by atoms with E-state index in [1.165, 1.54) is 16.2 Å². The highest BCUT2D eigenvalue weighted by molar-refractivity contribution is 7.07. The number of aromatic nitrogens is 2. The Balaban J connectivity index is 2.27. The Hall–Kier alpha value is -3.13. The van der Waals surface area contributed by atoms with Gasteiger partial charge in [-0.15, -0.1) is 11.3 Å². The number of thiazole rings is 1. The van der Waals surface area contributed by atoms with Gasteiger partial charge >= 0.3 is 6.09 Å². The van der Waals surface area contributed by atoms with Crippen molar-refractivity contribution in [3.05, 3.63) is 56.4 Å². The average molecular weight is 512 g/mol. The molecule has 0 aliphatic heterocycles. The van der Waals surface area contributed by atoms with E-state index in [1.807, 2.05) is 70.3 Å². The van der Waals surface area contributed by atoms with Crippen LogP contribution in [0, 0.1) is 5.92 Å². The van der Waals surface area contributed by atoms with Gasteiger partial charge in [0.05, 0.1) is 35.4 Å². The molecule has 0 fully saturated rings. The van der Waals surface area contributed by atoms with Crippen LogP contribution in [0.4, 0.5) is 4.79 Å². The summed E-state index contributed by atoms with van der Waals surface area (Å²) in [5.41, 5.74) is 3.37. The molecule has 0 saturated carbocycles. The minimum atomic E-state index is -1.04. The molecule has 1 aromatic carbocycles. The quantitative estimate of drug-likeness (QED) is 0.305. The molecular formula is C28H37N3O4S. The summed E-state index contributed by atoms with van der Waals surface area (Å²) in [6.07, 6.45) is 4.68. The van der Waals surface area contributed by atoms with Crippen LogP contribution < -0.4 is 10.3 Å². The zero-order valence-corrected chi connectivity index (χ0v) is 22.9. The maximum absolute atomic E-state index is 13.7. The lowest BCUT2D eigenvalue weighted by Gasteiger charge is -2.34. The van der Waals surface area contributed by atoms with E-state index >= 15 is 0 Å². The molecule has 3 rings (SSSR count). The lowest BCUT2D eigenvalue weighted by Crippen LogP contribution is -2.45. The molecule has 0 aliphatic carbocycles. The first kappa shape index (κ1) is 27.5. The van der Waals surface area contributed by atoms with Crippen molar-refractivity contribution in [2.45, 2.75) is 73.0 Å². The van der Waals surface area contributed by atoms with Gasteiger partial charge in [0.15, 0.2) is 0 Å². The van der Waals surface area contributed by atoms with E-state index in [1.54, 1.807) is 10.1 Å². The highest BCUT2D eigenvalue weighted by atomic mass is 32.1. The van der Waals surface area contributed by atoms with E-state index in [4.69, 9.17) is 4.74 Å². The van der Waals surface area contributed by atoms with Crippen LogP contribution >= 0.6 is 11.3 Å². The van der Waals surface area contributed by atoms with Gasteiger partial charge in [0.2, 0.25) is 0 Å². The summed E-state index contributed by atoms with van der Waals surface area (Å²) in [7, 11) is 0. The van der Waals surface area contributed by atoms with E-state index < -0.39 is 11.6 Å². The number of fused-ring (bicyclic) bond motifs is 1. The second kappa shape index (κ2) is 11.7. The molecule has 3 aromatic rings. The van der Waals surface area contributed by atoms with Crippen molar-refractivity contribution in [2.24, 2.45) is 5.92 Å². The van der Waals surface area contributed by atoms with E-state index in [2.05, 4.69) is 11.9 Å². The van der Waals surface area contributed by atoms with Crippen LogP contribution in [0.1, 0.15) is 71.3 Å². The van der Waals surface area contributed by atoms with E-state index in [0.29, 0.717) is 35.4 Å². The number of amides is 1. The van der Waals surface area contributed by atoms with Gasteiger partial charge in [-0.1, -0.05) is 39.3 Å². The molecule has 36 heavy (non-hydrogen) atoms. The third-order valence-corrected chi connectivity index (χ3v) is 6.49. The monoisotopic (exact) mass is 511 g/mol. The van der Waals surface area contributed by atoms with Gasteiger partial charge in [-0.05, 0) is 56.9 Å². The lowest BCUT2D eigenvalue weighted by molar-refractivity contribution is 0.0927. The summed E-state index contributed by atoms with van der Waals surface area (Å²) in [6.45, 7) is 12.7. The number of benzene rings is 1. The molecule has 2 heterocycles. The van der Waals surface area contributed by atoms with Crippen LogP contribution in [0.5, 0.6) is 5.75 Å². The summed E-state index contributed by atoms with van der Waals surface area (Å²) in [6, 6.07) is 5.71. The summed E-state index contributed by atoms with van der Waals surface area (Å²) in [5.74, 6) is 0.772. The molecular weight excluding hydrogens is 474 g/mol. The Kier molecular flexibility index (Phi) is 8.95. The molecule has 0 bridgehead atoms. The Morgan fingerprint density at radius 1 is 1.25 bits per heavy atom. The van der Waals surface area contributed by atoms with Crippen molar-refractivity contribution in [3.63, 3.8) is 0 Å². The van der Waals surface area contributed by atoms with Crippen molar-refractivity contribution < 1.29 is 14.6 Å². The van der Waals surface area contributed by atoms with E-state index in [9.17, 15) is 14.7 Å². The van der Waals surface area contributed by atoms with Crippen LogP contribution in [0.3, 0.4) is 0 Å². The summed E-state index contributed by atoms with van der Waals surface area (Å²) >= 11 is 1.53.